The van der Waals surface area contributed by atoms with E-state index in [4.69, 9.17) is 9.47 Å². The number of hydrogen-bond acceptors (Lipinski definition) is 5. The lowest BCUT2D eigenvalue weighted by Crippen LogP contribution is -2.42. The second-order valence-corrected chi connectivity index (χ2v) is 7.11. The number of carbonyl (C=O) groups excluding carboxylic acids is 1. The van der Waals surface area contributed by atoms with Gasteiger partial charge in [-0.2, -0.15) is 0 Å². The lowest BCUT2D eigenvalue weighted by Gasteiger charge is -2.30. The first-order chi connectivity index (χ1) is 11.6. The third-order valence-corrected chi connectivity index (χ3v) is 3.81. The topological polar surface area (TPSA) is 90.7 Å². The van der Waals surface area contributed by atoms with Crippen LogP contribution in [0.2, 0.25) is 0 Å². The molecule has 0 saturated heterocycles. The molecule has 1 aromatic carbocycles. The number of alkyl carbamates (subject to hydrolysis) is 1. The van der Waals surface area contributed by atoms with E-state index in [0.29, 0.717) is 25.7 Å². The van der Waals surface area contributed by atoms with Crippen LogP contribution in [0.1, 0.15) is 46.5 Å². The molecule has 0 spiro atoms. The van der Waals surface area contributed by atoms with Crippen LogP contribution in [0.5, 0.6) is 5.75 Å². The molecule has 0 heterocycles. The summed E-state index contributed by atoms with van der Waals surface area (Å²) < 4.78 is 24.2. The van der Waals surface area contributed by atoms with Crippen molar-refractivity contribution in [3.05, 3.63) is 34.1 Å². The van der Waals surface area contributed by atoms with Crippen LogP contribution in [0.4, 0.5) is 14.9 Å². The van der Waals surface area contributed by atoms with Crippen molar-refractivity contribution in [3.63, 3.8) is 0 Å². The molecule has 25 heavy (non-hydrogen) atoms. The Morgan fingerprint density at radius 1 is 1.28 bits per heavy atom. The summed E-state index contributed by atoms with van der Waals surface area (Å²) in [6.45, 7) is 5.38. The molecule has 1 aliphatic rings. The Morgan fingerprint density at radius 3 is 2.48 bits per heavy atom. The number of carbonyl (C=O) groups is 1. The van der Waals surface area contributed by atoms with Gasteiger partial charge in [-0.05, 0) is 52.5 Å². The maximum absolute atomic E-state index is 13.3. The third-order valence-electron chi connectivity index (χ3n) is 3.81. The van der Waals surface area contributed by atoms with Gasteiger partial charge in [0.2, 0.25) is 0 Å². The lowest BCUT2D eigenvalue weighted by molar-refractivity contribution is -0.386. The first-order valence-electron chi connectivity index (χ1n) is 8.24. The maximum atomic E-state index is 13.3. The predicted octanol–water partition coefficient (Wildman–Crippen LogP) is 3.95. The monoisotopic (exact) mass is 354 g/mol. The summed E-state index contributed by atoms with van der Waals surface area (Å²) in [5.41, 5.74) is -0.809. The van der Waals surface area contributed by atoms with Crippen molar-refractivity contribution in [2.24, 2.45) is 0 Å². The summed E-state index contributed by atoms with van der Waals surface area (Å²) in [5.74, 6) is -0.644. The molecule has 8 heteroatoms. The van der Waals surface area contributed by atoms with E-state index in [9.17, 15) is 19.3 Å². The minimum absolute atomic E-state index is 0.0304. The molecule has 2 rings (SSSR count). The smallest absolute Gasteiger partial charge is 0.407 e. The molecule has 0 bridgehead atoms. The molecule has 1 fully saturated rings. The van der Waals surface area contributed by atoms with Gasteiger partial charge in [0.25, 0.3) is 0 Å². The Bertz CT molecular complexity index is 636. The Balaban J connectivity index is 1.88. The van der Waals surface area contributed by atoms with Crippen LogP contribution in [-0.4, -0.2) is 28.8 Å². The molecule has 0 aromatic heterocycles. The van der Waals surface area contributed by atoms with Gasteiger partial charge in [0.15, 0.2) is 5.75 Å². The number of hydrogen-bond donors (Lipinski definition) is 1. The second kappa shape index (κ2) is 7.67. The maximum Gasteiger partial charge on any atom is 0.407 e. The molecular formula is C17H23FN2O5. The number of nitrogens with one attached hydrogen (secondary N) is 1. The van der Waals surface area contributed by atoms with Gasteiger partial charge in [0.05, 0.1) is 11.0 Å². The Hall–Kier alpha value is -2.38. The van der Waals surface area contributed by atoms with Crippen molar-refractivity contribution < 1.29 is 23.6 Å². The standard InChI is InChI=1S/C17H23FN2O5/c1-17(2,3)25-16(21)19-12-5-7-13(8-6-12)24-15-10-11(18)4-9-14(15)20(22)23/h4,9-10,12-13H,5-8H2,1-3H3,(H,19,21)/t12-,13-. The van der Waals surface area contributed by atoms with Crippen molar-refractivity contribution in [2.45, 2.75) is 64.2 Å². The quantitative estimate of drug-likeness (QED) is 0.653. The summed E-state index contributed by atoms with van der Waals surface area (Å²) in [7, 11) is 0. The van der Waals surface area contributed by atoms with Crippen LogP contribution in [0.3, 0.4) is 0 Å². The van der Waals surface area contributed by atoms with Gasteiger partial charge in [-0.1, -0.05) is 0 Å². The zero-order valence-corrected chi connectivity index (χ0v) is 14.6. The van der Waals surface area contributed by atoms with Crippen molar-refractivity contribution in [1.82, 2.24) is 5.32 Å². The molecule has 0 unspecified atom stereocenters. The number of amides is 1. The van der Waals surface area contributed by atoms with Gasteiger partial charge in [0.1, 0.15) is 11.4 Å². The van der Waals surface area contributed by atoms with E-state index in [1.54, 1.807) is 20.8 Å². The number of nitrogens with zero attached hydrogens (tertiary/aromatic N) is 1. The van der Waals surface area contributed by atoms with Gasteiger partial charge in [-0.15, -0.1) is 0 Å². The molecule has 0 aliphatic heterocycles. The fourth-order valence-electron chi connectivity index (χ4n) is 2.71. The molecule has 138 valence electrons. The van der Waals surface area contributed by atoms with Crippen LogP contribution in [0, 0.1) is 15.9 Å². The van der Waals surface area contributed by atoms with Crippen LogP contribution < -0.4 is 10.1 Å². The van der Waals surface area contributed by atoms with Crippen molar-refractivity contribution in [1.29, 1.82) is 0 Å². The largest absolute Gasteiger partial charge is 0.483 e. The fourth-order valence-corrected chi connectivity index (χ4v) is 2.71. The number of nitro benzene ring substituents is 1. The minimum Gasteiger partial charge on any atom is -0.483 e. The summed E-state index contributed by atoms with van der Waals surface area (Å²) in [4.78, 5) is 22.2. The van der Waals surface area contributed by atoms with Gasteiger partial charge >= 0.3 is 11.8 Å². The van der Waals surface area contributed by atoms with Crippen molar-refractivity contribution in [3.8, 4) is 5.75 Å². The van der Waals surface area contributed by atoms with E-state index in [2.05, 4.69) is 5.32 Å². The number of halogens is 1. The molecule has 1 aromatic rings. The van der Waals surface area contributed by atoms with Gasteiger partial charge in [-0.3, -0.25) is 10.1 Å². The van der Waals surface area contributed by atoms with E-state index in [0.717, 1.165) is 18.2 Å². The SMILES string of the molecule is CC(C)(C)OC(=O)N[C@H]1CC[C@H](Oc2cc(F)ccc2[N+](=O)[O-])CC1. The van der Waals surface area contributed by atoms with E-state index in [1.807, 2.05) is 0 Å². The van der Waals surface area contributed by atoms with Crippen molar-refractivity contribution in [2.75, 3.05) is 0 Å². The number of ether oxygens (including phenoxy) is 2. The lowest BCUT2D eigenvalue weighted by atomic mass is 9.93. The number of benzene rings is 1. The zero-order chi connectivity index (χ0) is 18.6. The normalized spacial score (nSPS) is 20.6. The highest BCUT2D eigenvalue weighted by Gasteiger charge is 2.27. The Morgan fingerprint density at radius 2 is 1.92 bits per heavy atom. The summed E-state index contributed by atoms with van der Waals surface area (Å²) in [6.07, 6.45) is 1.82. The zero-order valence-electron chi connectivity index (χ0n) is 14.6. The second-order valence-electron chi connectivity index (χ2n) is 7.11. The predicted molar refractivity (Wildman–Crippen MR) is 89.1 cm³/mol. The highest BCUT2D eigenvalue weighted by molar-refractivity contribution is 5.68. The van der Waals surface area contributed by atoms with E-state index < -0.39 is 22.4 Å². The summed E-state index contributed by atoms with van der Waals surface area (Å²) >= 11 is 0. The molecule has 7 nitrogen and oxygen atoms in total. The van der Waals surface area contributed by atoms with Gasteiger partial charge < -0.3 is 14.8 Å². The van der Waals surface area contributed by atoms with E-state index in [1.165, 1.54) is 0 Å². The van der Waals surface area contributed by atoms with E-state index >= 15 is 0 Å². The molecule has 1 saturated carbocycles. The first kappa shape index (κ1) is 19.0. The number of nitro groups is 1. The first-order valence-corrected chi connectivity index (χ1v) is 8.24. The van der Waals surface area contributed by atoms with Crippen LogP contribution in [0.15, 0.2) is 18.2 Å². The van der Waals surface area contributed by atoms with Crippen LogP contribution in [-0.2, 0) is 4.74 Å². The highest BCUT2D eigenvalue weighted by atomic mass is 19.1. The van der Waals surface area contributed by atoms with Crippen LogP contribution in [0.25, 0.3) is 0 Å². The molecule has 1 aliphatic carbocycles. The average molecular weight is 354 g/mol. The molecule has 1 amide bonds. The van der Waals surface area contributed by atoms with Crippen molar-refractivity contribution >= 4 is 11.8 Å². The molecule has 1 N–H and O–H groups in total. The molecule has 0 radical (unpaired) electrons. The highest BCUT2D eigenvalue weighted by Crippen LogP contribution is 2.31. The third kappa shape index (κ3) is 5.88. The van der Waals surface area contributed by atoms with Gasteiger partial charge in [-0.25, -0.2) is 9.18 Å². The van der Waals surface area contributed by atoms with Gasteiger partial charge in [0, 0.05) is 18.2 Å². The summed E-state index contributed by atoms with van der Waals surface area (Å²) in [6, 6.07) is 3.13. The van der Waals surface area contributed by atoms with Crippen LogP contribution >= 0.6 is 0 Å². The molecule has 0 atom stereocenters. The Kier molecular flexibility index (Phi) is 5.81. The Labute approximate surface area is 145 Å². The average Bonchev–Trinajstić information content (AvgIpc) is 2.47. The fraction of sp³-hybridized carbons (Fsp3) is 0.588. The van der Waals surface area contributed by atoms with E-state index in [-0.39, 0.29) is 23.6 Å². The number of rotatable bonds is 4. The minimum atomic E-state index is -0.593. The summed E-state index contributed by atoms with van der Waals surface area (Å²) in [5, 5.41) is 13.8. The molecular weight excluding hydrogens is 331 g/mol.